The Kier molecular flexibility index (Phi) is 7.48. The summed E-state index contributed by atoms with van der Waals surface area (Å²) in [6.45, 7) is 4.05. The van der Waals surface area contributed by atoms with Crippen LogP contribution in [0.4, 0.5) is 0 Å². The van der Waals surface area contributed by atoms with Crippen molar-refractivity contribution in [1.82, 2.24) is 5.32 Å². The third kappa shape index (κ3) is 5.22. The Labute approximate surface area is 157 Å². The fourth-order valence-electron chi connectivity index (χ4n) is 2.57. The van der Waals surface area contributed by atoms with Gasteiger partial charge in [0.2, 0.25) is 0 Å². The SMILES string of the molecule is CCCCc1cc(=O)oc2cc(O[C@H](C)C(=O)NCCCO)c(Cl)cc12. The summed E-state index contributed by atoms with van der Waals surface area (Å²) in [4.78, 5) is 23.8. The summed E-state index contributed by atoms with van der Waals surface area (Å²) in [6.07, 6.45) is 2.43. The molecule has 0 aliphatic heterocycles. The molecule has 0 aliphatic carbocycles. The second-order valence-electron chi connectivity index (χ2n) is 6.10. The number of hydrogen-bond donors (Lipinski definition) is 2. The Balaban J connectivity index is 2.25. The zero-order valence-corrected chi connectivity index (χ0v) is 15.8. The standard InChI is InChI=1S/C19H24ClNO5/c1-3-4-6-13-9-18(23)26-16-11-17(15(20)10-14(13)16)25-12(2)19(24)21-7-5-8-22/h9-12,22H,3-8H2,1-2H3,(H,21,24)/t12-/m1/s1. The molecule has 7 heteroatoms. The van der Waals surface area contributed by atoms with Crippen molar-refractivity contribution in [3.05, 3.63) is 39.2 Å². The Morgan fingerprint density at radius 1 is 1.35 bits per heavy atom. The van der Waals surface area contributed by atoms with Crippen LogP contribution in [0.25, 0.3) is 11.0 Å². The van der Waals surface area contributed by atoms with Crippen molar-refractivity contribution in [2.24, 2.45) is 0 Å². The summed E-state index contributed by atoms with van der Waals surface area (Å²) >= 11 is 6.32. The molecule has 2 N–H and O–H groups in total. The number of fused-ring (bicyclic) bond motifs is 1. The van der Waals surface area contributed by atoms with E-state index in [0.29, 0.717) is 23.6 Å². The lowest BCUT2D eigenvalue weighted by molar-refractivity contribution is -0.127. The van der Waals surface area contributed by atoms with Crippen molar-refractivity contribution in [1.29, 1.82) is 0 Å². The second-order valence-corrected chi connectivity index (χ2v) is 6.51. The molecule has 142 valence electrons. The van der Waals surface area contributed by atoms with Crippen molar-refractivity contribution in [2.75, 3.05) is 13.2 Å². The van der Waals surface area contributed by atoms with Crippen LogP contribution in [-0.2, 0) is 11.2 Å². The Hall–Kier alpha value is -2.05. The van der Waals surface area contributed by atoms with E-state index in [1.807, 2.05) is 0 Å². The van der Waals surface area contributed by atoms with Gasteiger partial charge in [0.15, 0.2) is 6.10 Å². The first-order chi connectivity index (χ1) is 12.5. The molecule has 1 aromatic carbocycles. The zero-order valence-electron chi connectivity index (χ0n) is 15.0. The molecule has 0 fully saturated rings. The molecule has 0 saturated heterocycles. The Morgan fingerprint density at radius 2 is 2.12 bits per heavy atom. The van der Waals surface area contributed by atoms with Crippen LogP contribution < -0.4 is 15.7 Å². The number of rotatable bonds is 9. The molecule has 0 aliphatic rings. The monoisotopic (exact) mass is 381 g/mol. The highest BCUT2D eigenvalue weighted by Crippen LogP contribution is 2.32. The van der Waals surface area contributed by atoms with Crippen LogP contribution in [0.15, 0.2) is 27.4 Å². The minimum atomic E-state index is -0.779. The summed E-state index contributed by atoms with van der Waals surface area (Å²) in [7, 11) is 0. The van der Waals surface area contributed by atoms with Gasteiger partial charge in [0.25, 0.3) is 5.91 Å². The molecular weight excluding hydrogens is 358 g/mol. The molecule has 0 radical (unpaired) electrons. The number of amides is 1. The van der Waals surface area contributed by atoms with Crippen molar-refractivity contribution in [3.8, 4) is 5.75 Å². The largest absolute Gasteiger partial charge is 0.479 e. The average molecular weight is 382 g/mol. The molecule has 2 rings (SSSR count). The van der Waals surface area contributed by atoms with E-state index in [2.05, 4.69) is 12.2 Å². The summed E-state index contributed by atoms with van der Waals surface area (Å²) in [6, 6.07) is 4.74. The molecule has 6 nitrogen and oxygen atoms in total. The highest BCUT2D eigenvalue weighted by atomic mass is 35.5. The number of aliphatic hydroxyl groups excluding tert-OH is 1. The van der Waals surface area contributed by atoms with Crippen LogP contribution in [-0.4, -0.2) is 30.3 Å². The first-order valence-corrected chi connectivity index (χ1v) is 9.15. The first kappa shape index (κ1) is 20.3. The third-order valence-electron chi connectivity index (χ3n) is 3.99. The molecule has 1 aromatic heterocycles. The number of carbonyl (C=O) groups excluding carboxylic acids is 1. The van der Waals surface area contributed by atoms with Gasteiger partial charge < -0.3 is 19.6 Å². The Morgan fingerprint density at radius 3 is 2.81 bits per heavy atom. The third-order valence-corrected chi connectivity index (χ3v) is 4.28. The lowest BCUT2D eigenvalue weighted by Gasteiger charge is -2.16. The maximum atomic E-state index is 12.0. The van der Waals surface area contributed by atoms with E-state index in [0.717, 1.165) is 30.2 Å². The topological polar surface area (TPSA) is 88.8 Å². The molecule has 26 heavy (non-hydrogen) atoms. The smallest absolute Gasteiger partial charge is 0.336 e. The fourth-order valence-corrected chi connectivity index (χ4v) is 2.78. The minimum Gasteiger partial charge on any atom is -0.479 e. The maximum absolute atomic E-state index is 12.0. The van der Waals surface area contributed by atoms with Crippen molar-refractivity contribution >= 4 is 28.5 Å². The number of nitrogens with one attached hydrogen (secondary N) is 1. The first-order valence-electron chi connectivity index (χ1n) is 8.77. The lowest BCUT2D eigenvalue weighted by atomic mass is 10.0. The highest BCUT2D eigenvalue weighted by molar-refractivity contribution is 6.32. The van der Waals surface area contributed by atoms with E-state index in [9.17, 15) is 9.59 Å². The normalized spacial score (nSPS) is 12.2. The van der Waals surface area contributed by atoms with Crippen LogP contribution >= 0.6 is 11.6 Å². The van der Waals surface area contributed by atoms with Crippen molar-refractivity contribution in [3.63, 3.8) is 0 Å². The van der Waals surface area contributed by atoms with E-state index in [1.54, 1.807) is 19.1 Å². The van der Waals surface area contributed by atoms with Gasteiger partial charge in [-0.2, -0.15) is 0 Å². The van der Waals surface area contributed by atoms with Crippen molar-refractivity contribution in [2.45, 2.75) is 45.6 Å². The summed E-state index contributed by atoms with van der Waals surface area (Å²) in [5.74, 6) is -0.0347. The van der Waals surface area contributed by atoms with Gasteiger partial charge in [-0.3, -0.25) is 4.79 Å². The van der Waals surface area contributed by atoms with Gasteiger partial charge in [0.1, 0.15) is 11.3 Å². The molecule has 0 bridgehead atoms. The van der Waals surface area contributed by atoms with Gasteiger partial charge in [0, 0.05) is 30.7 Å². The lowest BCUT2D eigenvalue weighted by Crippen LogP contribution is -2.37. The van der Waals surface area contributed by atoms with E-state index in [1.165, 1.54) is 6.07 Å². The molecule has 0 spiro atoms. The number of benzene rings is 1. The number of hydrogen-bond acceptors (Lipinski definition) is 5. The van der Waals surface area contributed by atoms with Crippen molar-refractivity contribution < 1.29 is 19.1 Å². The van der Waals surface area contributed by atoms with E-state index >= 15 is 0 Å². The van der Waals surface area contributed by atoms with E-state index in [-0.39, 0.29) is 18.3 Å². The Bertz CT molecular complexity index is 817. The quantitative estimate of drug-likeness (QED) is 0.514. The van der Waals surface area contributed by atoms with E-state index in [4.69, 9.17) is 25.9 Å². The van der Waals surface area contributed by atoms with Gasteiger partial charge in [0.05, 0.1) is 5.02 Å². The molecule has 0 unspecified atom stereocenters. The number of aliphatic hydroxyl groups is 1. The molecular formula is C19H24ClNO5. The summed E-state index contributed by atoms with van der Waals surface area (Å²) in [5, 5.41) is 12.5. The fraction of sp³-hybridized carbons (Fsp3) is 0.474. The molecule has 0 saturated carbocycles. The zero-order chi connectivity index (χ0) is 19.1. The van der Waals surface area contributed by atoms with Crippen LogP contribution in [0.5, 0.6) is 5.75 Å². The van der Waals surface area contributed by atoms with Gasteiger partial charge in [-0.15, -0.1) is 0 Å². The summed E-state index contributed by atoms with van der Waals surface area (Å²) in [5.41, 5.74) is 0.851. The van der Waals surface area contributed by atoms with Gasteiger partial charge in [-0.05, 0) is 37.8 Å². The predicted octanol–water partition coefficient (Wildman–Crippen LogP) is 3.05. The second kappa shape index (κ2) is 9.59. The van der Waals surface area contributed by atoms with E-state index < -0.39 is 11.7 Å². The maximum Gasteiger partial charge on any atom is 0.336 e. The van der Waals surface area contributed by atoms with Crippen LogP contribution in [0.2, 0.25) is 5.02 Å². The number of ether oxygens (including phenoxy) is 1. The summed E-state index contributed by atoms with van der Waals surface area (Å²) < 4.78 is 10.9. The average Bonchev–Trinajstić information content (AvgIpc) is 2.60. The van der Waals surface area contributed by atoms with Gasteiger partial charge in [-0.25, -0.2) is 4.79 Å². The molecule has 1 heterocycles. The van der Waals surface area contributed by atoms with Crippen LogP contribution in [0.1, 0.15) is 38.7 Å². The predicted molar refractivity (Wildman–Crippen MR) is 101 cm³/mol. The number of unbranched alkanes of at least 4 members (excludes halogenated alkanes) is 1. The molecule has 1 atom stereocenters. The van der Waals surface area contributed by atoms with Gasteiger partial charge >= 0.3 is 5.63 Å². The minimum absolute atomic E-state index is 0.00538. The van der Waals surface area contributed by atoms with Crippen LogP contribution in [0, 0.1) is 0 Å². The highest BCUT2D eigenvalue weighted by Gasteiger charge is 2.17. The number of halogens is 1. The van der Waals surface area contributed by atoms with Crippen LogP contribution in [0.3, 0.4) is 0 Å². The van der Waals surface area contributed by atoms with Gasteiger partial charge in [-0.1, -0.05) is 24.9 Å². The molecule has 2 aromatic rings. The number of aryl methyl sites for hydroxylation is 1. The number of carbonyl (C=O) groups is 1. The molecule has 1 amide bonds.